The average Bonchev–Trinajstić information content (AvgIpc) is 2.54. The fourth-order valence-electron chi connectivity index (χ4n) is 2.71. The Morgan fingerprint density at radius 1 is 1.00 bits per heavy atom. The van der Waals surface area contributed by atoms with Gasteiger partial charge in [0.05, 0.1) is 16.8 Å². The Morgan fingerprint density at radius 3 is 1.89 bits per heavy atom. The smallest absolute Gasteiger partial charge is 0.269 e. The summed E-state index contributed by atoms with van der Waals surface area (Å²) < 4.78 is 0. The Labute approximate surface area is 160 Å². The van der Waals surface area contributed by atoms with E-state index in [0.29, 0.717) is 11.4 Å². The summed E-state index contributed by atoms with van der Waals surface area (Å²) in [6.07, 6.45) is 1.69. The van der Waals surface area contributed by atoms with Crippen LogP contribution in [0.5, 0.6) is 5.75 Å². The second kappa shape index (κ2) is 7.39. The van der Waals surface area contributed by atoms with Gasteiger partial charge >= 0.3 is 0 Å². The van der Waals surface area contributed by atoms with Crippen molar-refractivity contribution >= 4 is 17.6 Å². The summed E-state index contributed by atoms with van der Waals surface area (Å²) in [5.74, 6) is 0.329. The minimum absolute atomic E-state index is 0.0349. The molecule has 0 fully saturated rings. The van der Waals surface area contributed by atoms with E-state index < -0.39 is 4.92 Å². The summed E-state index contributed by atoms with van der Waals surface area (Å²) in [7, 11) is 0. The number of benzene rings is 2. The number of aromatic hydroxyl groups is 1. The first-order valence-corrected chi connectivity index (χ1v) is 8.81. The molecule has 0 radical (unpaired) electrons. The number of non-ortho nitro benzene ring substituents is 1. The Kier molecular flexibility index (Phi) is 5.59. The van der Waals surface area contributed by atoms with Gasteiger partial charge in [-0.15, -0.1) is 0 Å². The molecule has 144 valence electrons. The van der Waals surface area contributed by atoms with Gasteiger partial charge in [-0.3, -0.25) is 15.5 Å². The van der Waals surface area contributed by atoms with Crippen LogP contribution in [0.4, 0.5) is 11.4 Å². The first kappa shape index (κ1) is 20.4. The van der Waals surface area contributed by atoms with Gasteiger partial charge in [-0.25, -0.2) is 0 Å². The highest BCUT2D eigenvalue weighted by molar-refractivity contribution is 5.82. The molecule has 0 aliphatic carbocycles. The highest BCUT2D eigenvalue weighted by atomic mass is 16.6. The van der Waals surface area contributed by atoms with Gasteiger partial charge in [-0.2, -0.15) is 5.10 Å². The number of nitro benzene ring substituents is 1. The zero-order valence-electron chi connectivity index (χ0n) is 16.7. The summed E-state index contributed by atoms with van der Waals surface area (Å²) in [4.78, 5) is 10.3. The molecule has 2 rings (SSSR count). The van der Waals surface area contributed by atoms with Crippen molar-refractivity contribution in [1.29, 1.82) is 0 Å². The topological polar surface area (TPSA) is 87.8 Å². The Balaban J connectivity index is 2.32. The Hall–Kier alpha value is -2.89. The van der Waals surface area contributed by atoms with Crippen molar-refractivity contribution in [3.63, 3.8) is 0 Å². The van der Waals surface area contributed by atoms with Gasteiger partial charge < -0.3 is 5.11 Å². The molecule has 0 heterocycles. The fraction of sp³-hybridized carbons (Fsp3) is 0.381. The molecule has 2 N–H and O–H groups in total. The van der Waals surface area contributed by atoms with Crippen LogP contribution >= 0.6 is 0 Å². The molecule has 0 unspecified atom stereocenters. The summed E-state index contributed by atoms with van der Waals surface area (Å²) in [5, 5.41) is 25.7. The minimum Gasteiger partial charge on any atom is -0.507 e. The van der Waals surface area contributed by atoms with Gasteiger partial charge in [-0.05, 0) is 40.7 Å². The van der Waals surface area contributed by atoms with Gasteiger partial charge in [0.1, 0.15) is 5.75 Å². The van der Waals surface area contributed by atoms with E-state index in [4.69, 9.17) is 0 Å². The number of nitro groups is 1. The van der Waals surface area contributed by atoms with E-state index in [-0.39, 0.29) is 16.5 Å². The van der Waals surface area contributed by atoms with Crippen LogP contribution < -0.4 is 5.43 Å². The second-order valence-corrected chi connectivity index (χ2v) is 8.64. The van der Waals surface area contributed by atoms with E-state index in [1.165, 1.54) is 12.1 Å². The predicted octanol–water partition coefficient (Wildman–Crippen LogP) is 5.34. The van der Waals surface area contributed by atoms with Crippen LogP contribution in [0.2, 0.25) is 0 Å². The first-order chi connectivity index (χ1) is 12.4. The Morgan fingerprint density at radius 2 is 1.48 bits per heavy atom. The van der Waals surface area contributed by atoms with Crippen LogP contribution in [-0.2, 0) is 10.8 Å². The average molecular weight is 369 g/mol. The summed E-state index contributed by atoms with van der Waals surface area (Å²) >= 11 is 0. The van der Waals surface area contributed by atoms with Crippen LogP contribution in [0, 0.1) is 10.1 Å². The molecule has 0 atom stereocenters. The maximum Gasteiger partial charge on any atom is 0.269 e. The minimum atomic E-state index is -0.439. The van der Waals surface area contributed by atoms with Gasteiger partial charge in [0, 0.05) is 23.3 Å². The molecule has 0 saturated heterocycles. The highest BCUT2D eigenvalue weighted by Crippen LogP contribution is 2.39. The standard InChI is InChI=1S/C21H27N3O3/c1-20(2,3)17-11-14(12-18(19(17)25)21(4,5)6)13-22-23-15-7-9-16(10-8-15)24(26)27/h7-13,23,25H,1-6H3/b22-13-. The summed E-state index contributed by atoms with van der Waals surface area (Å²) in [6.45, 7) is 12.4. The summed E-state index contributed by atoms with van der Waals surface area (Å²) in [5.41, 5.74) is 5.75. The van der Waals surface area contributed by atoms with E-state index >= 15 is 0 Å². The molecule has 0 aliphatic heterocycles. The van der Waals surface area contributed by atoms with Crippen LogP contribution in [0.1, 0.15) is 58.2 Å². The van der Waals surface area contributed by atoms with E-state index in [9.17, 15) is 15.2 Å². The van der Waals surface area contributed by atoms with E-state index in [1.807, 2.05) is 12.1 Å². The van der Waals surface area contributed by atoms with Crippen LogP contribution in [-0.4, -0.2) is 16.2 Å². The number of hydrogen-bond donors (Lipinski definition) is 2. The number of phenolic OH excluding ortho intramolecular Hbond substituents is 1. The first-order valence-electron chi connectivity index (χ1n) is 8.81. The fourth-order valence-corrected chi connectivity index (χ4v) is 2.71. The molecule has 0 saturated carbocycles. The van der Waals surface area contributed by atoms with Gasteiger partial charge in [0.15, 0.2) is 0 Å². The molecule has 2 aromatic rings. The molecule has 0 aromatic heterocycles. The SMILES string of the molecule is CC(C)(C)c1cc(/C=N\Nc2ccc([N+](=O)[O-])cc2)cc(C(C)(C)C)c1O. The van der Waals surface area contributed by atoms with Gasteiger partial charge in [0.25, 0.3) is 5.69 Å². The lowest BCUT2D eigenvalue weighted by Crippen LogP contribution is -2.17. The third-order valence-electron chi connectivity index (χ3n) is 4.23. The number of hydrogen-bond acceptors (Lipinski definition) is 5. The number of anilines is 1. The largest absolute Gasteiger partial charge is 0.507 e. The lowest BCUT2D eigenvalue weighted by atomic mass is 9.78. The van der Waals surface area contributed by atoms with Crippen molar-refractivity contribution in [1.82, 2.24) is 0 Å². The molecule has 6 heteroatoms. The quantitative estimate of drug-likeness (QED) is 0.432. The maximum absolute atomic E-state index is 10.7. The zero-order valence-corrected chi connectivity index (χ0v) is 16.7. The Bertz CT molecular complexity index is 823. The third-order valence-corrected chi connectivity index (χ3v) is 4.23. The number of phenols is 1. The van der Waals surface area contributed by atoms with Crippen molar-refractivity contribution in [3.8, 4) is 5.75 Å². The molecule has 6 nitrogen and oxygen atoms in total. The van der Waals surface area contributed by atoms with Crippen molar-refractivity contribution in [3.05, 3.63) is 63.2 Å². The monoisotopic (exact) mass is 369 g/mol. The van der Waals surface area contributed by atoms with Crippen LogP contribution in [0.3, 0.4) is 0 Å². The van der Waals surface area contributed by atoms with E-state index in [0.717, 1.165) is 16.7 Å². The predicted molar refractivity (Wildman–Crippen MR) is 110 cm³/mol. The third kappa shape index (κ3) is 5.06. The van der Waals surface area contributed by atoms with E-state index in [2.05, 4.69) is 52.1 Å². The number of hydrazone groups is 1. The maximum atomic E-state index is 10.7. The van der Waals surface area contributed by atoms with Gasteiger partial charge in [-0.1, -0.05) is 41.5 Å². The van der Waals surface area contributed by atoms with Crippen molar-refractivity contribution in [2.45, 2.75) is 52.4 Å². The molecule has 0 amide bonds. The summed E-state index contributed by atoms with van der Waals surface area (Å²) in [6, 6.07) is 9.93. The van der Waals surface area contributed by atoms with E-state index in [1.54, 1.807) is 18.3 Å². The van der Waals surface area contributed by atoms with Crippen LogP contribution in [0.25, 0.3) is 0 Å². The molecule has 27 heavy (non-hydrogen) atoms. The lowest BCUT2D eigenvalue weighted by Gasteiger charge is -2.27. The molecule has 0 bridgehead atoms. The highest BCUT2D eigenvalue weighted by Gasteiger charge is 2.26. The van der Waals surface area contributed by atoms with Gasteiger partial charge in [0.2, 0.25) is 0 Å². The lowest BCUT2D eigenvalue weighted by molar-refractivity contribution is -0.384. The van der Waals surface area contributed by atoms with Crippen molar-refractivity contribution in [2.75, 3.05) is 5.43 Å². The second-order valence-electron chi connectivity index (χ2n) is 8.64. The number of nitrogens with zero attached hydrogens (tertiary/aromatic N) is 2. The molecule has 0 aliphatic rings. The molecule has 2 aromatic carbocycles. The van der Waals surface area contributed by atoms with Crippen molar-refractivity contribution < 1.29 is 10.0 Å². The molecular weight excluding hydrogens is 342 g/mol. The molecular formula is C21H27N3O3. The normalized spacial score (nSPS) is 12.4. The number of rotatable bonds is 4. The van der Waals surface area contributed by atoms with Crippen molar-refractivity contribution in [2.24, 2.45) is 5.10 Å². The number of nitrogens with one attached hydrogen (secondary N) is 1. The zero-order chi connectivity index (χ0) is 20.4. The van der Waals surface area contributed by atoms with Crippen LogP contribution in [0.15, 0.2) is 41.5 Å². The molecule has 0 spiro atoms.